The monoisotopic (exact) mass is 407 g/mol. The average Bonchev–Trinajstić information content (AvgIpc) is 2.53. The van der Waals surface area contributed by atoms with Gasteiger partial charge < -0.3 is 5.73 Å². The van der Waals surface area contributed by atoms with E-state index in [-0.39, 0.29) is 21.8 Å². The van der Waals surface area contributed by atoms with Crippen molar-refractivity contribution in [3.63, 3.8) is 0 Å². The van der Waals surface area contributed by atoms with Crippen LogP contribution < -0.4 is 5.73 Å². The van der Waals surface area contributed by atoms with E-state index in [4.69, 9.17) is 28.9 Å². The van der Waals surface area contributed by atoms with Crippen LogP contribution in [0.2, 0.25) is 10.0 Å². The quantitative estimate of drug-likeness (QED) is 0.443. The molecule has 1 nitrogen and oxygen atoms in total. The van der Waals surface area contributed by atoms with Crippen LogP contribution in [0, 0.1) is 0 Å². The third-order valence-electron chi connectivity index (χ3n) is 2.99. The van der Waals surface area contributed by atoms with Gasteiger partial charge in [0.1, 0.15) is 0 Å². The van der Waals surface area contributed by atoms with Gasteiger partial charge in [0.05, 0.1) is 4.83 Å². The lowest BCUT2D eigenvalue weighted by Crippen LogP contribution is -1.91. The van der Waals surface area contributed by atoms with E-state index in [1.165, 1.54) is 0 Å². The number of fused-ring (bicyclic) bond motifs is 3. The minimum atomic E-state index is 0. The summed E-state index contributed by atoms with van der Waals surface area (Å²) in [4.78, 5) is 0.104. The molecule has 1 unspecified atom stereocenters. The molecule has 0 amide bonds. The summed E-state index contributed by atoms with van der Waals surface area (Å²) < 4.78 is 0. The highest BCUT2D eigenvalue weighted by molar-refractivity contribution is 9.09. The smallest absolute Gasteiger partial charge is 0.0658 e. The number of rotatable bonds is 0. The van der Waals surface area contributed by atoms with E-state index < -0.39 is 0 Å². The van der Waals surface area contributed by atoms with Crippen LogP contribution in [-0.4, -0.2) is 0 Å². The predicted octanol–water partition coefficient (Wildman–Crippen LogP) is 5.62. The molecule has 0 saturated carbocycles. The number of hydrogen-bond donors (Lipinski definition) is 1. The van der Waals surface area contributed by atoms with Crippen molar-refractivity contribution in [3.8, 4) is 11.1 Å². The first kappa shape index (κ1) is 14.2. The molecule has 1 atom stereocenters. The van der Waals surface area contributed by atoms with Crippen LogP contribution >= 0.6 is 56.1 Å². The molecule has 94 valence electrons. The van der Waals surface area contributed by atoms with Gasteiger partial charge in [0, 0.05) is 21.3 Å². The van der Waals surface area contributed by atoms with Crippen LogP contribution in [-0.2, 0) is 0 Å². The van der Waals surface area contributed by atoms with E-state index in [1.807, 2.05) is 24.3 Å². The first-order chi connectivity index (χ1) is 8.08. The second-order valence-electron chi connectivity index (χ2n) is 4.05. The van der Waals surface area contributed by atoms with Gasteiger partial charge in [0.25, 0.3) is 0 Å². The van der Waals surface area contributed by atoms with Crippen molar-refractivity contribution >= 4 is 61.8 Å². The Morgan fingerprint density at radius 2 is 1.67 bits per heavy atom. The number of benzene rings is 2. The van der Waals surface area contributed by atoms with Crippen molar-refractivity contribution in [2.24, 2.45) is 0 Å². The van der Waals surface area contributed by atoms with Crippen molar-refractivity contribution in [1.29, 1.82) is 0 Å². The summed E-state index contributed by atoms with van der Waals surface area (Å²) in [7, 11) is 0. The maximum Gasteiger partial charge on any atom is 0.0658 e. The highest BCUT2D eigenvalue weighted by Crippen LogP contribution is 2.51. The van der Waals surface area contributed by atoms with Crippen LogP contribution in [0.3, 0.4) is 0 Å². The van der Waals surface area contributed by atoms with E-state index in [0.717, 1.165) is 27.3 Å². The van der Waals surface area contributed by atoms with E-state index in [0.29, 0.717) is 10.7 Å². The molecule has 0 spiro atoms. The van der Waals surface area contributed by atoms with E-state index in [2.05, 4.69) is 15.9 Å². The van der Waals surface area contributed by atoms with Gasteiger partial charge in [-0.1, -0.05) is 45.2 Å². The van der Waals surface area contributed by atoms with Gasteiger partial charge in [0.15, 0.2) is 0 Å². The van der Waals surface area contributed by atoms with Crippen molar-refractivity contribution in [3.05, 3.63) is 51.5 Å². The third kappa shape index (κ3) is 2.07. The molecule has 1 aliphatic carbocycles. The molecular formula is C13H9Br2Cl2N. The number of nitrogens with two attached hydrogens (primary N) is 1. The average molecular weight is 410 g/mol. The lowest BCUT2D eigenvalue weighted by Gasteiger charge is -2.06. The molecule has 5 heteroatoms. The fourth-order valence-electron chi connectivity index (χ4n) is 2.30. The fourth-order valence-corrected chi connectivity index (χ4v) is 3.45. The fraction of sp³-hybridized carbons (Fsp3) is 0.0769. The van der Waals surface area contributed by atoms with Crippen LogP contribution in [0.25, 0.3) is 11.1 Å². The van der Waals surface area contributed by atoms with Crippen molar-refractivity contribution in [2.75, 3.05) is 5.73 Å². The zero-order valence-corrected chi connectivity index (χ0v) is 13.9. The molecule has 0 aromatic heterocycles. The standard InChI is InChI=1S/C13H8BrCl2N.BrH/c14-13-9-3-6(15)1-2-8(9)12-10(13)4-7(16)5-11(12)17;/h1-5,13H,17H2;1H. The molecule has 2 aromatic carbocycles. The SMILES string of the molecule is Br.Nc1cc(Cl)cc2c1-c1ccc(Cl)cc1C2Br. The largest absolute Gasteiger partial charge is 0.398 e. The summed E-state index contributed by atoms with van der Waals surface area (Å²) in [5, 5.41) is 1.38. The molecule has 0 bridgehead atoms. The van der Waals surface area contributed by atoms with Gasteiger partial charge in [-0.2, -0.15) is 0 Å². The number of hydrogen-bond acceptors (Lipinski definition) is 1. The van der Waals surface area contributed by atoms with Gasteiger partial charge in [-0.05, 0) is 41.0 Å². The summed E-state index contributed by atoms with van der Waals surface area (Å²) in [5.74, 6) is 0. The molecule has 0 saturated heterocycles. The first-order valence-electron chi connectivity index (χ1n) is 5.10. The molecule has 0 radical (unpaired) electrons. The Morgan fingerprint density at radius 3 is 2.39 bits per heavy atom. The summed E-state index contributed by atoms with van der Waals surface area (Å²) in [6.45, 7) is 0. The molecule has 18 heavy (non-hydrogen) atoms. The number of alkyl halides is 1. The van der Waals surface area contributed by atoms with Crippen molar-refractivity contribution in [2.45, 2.75) is 4.83 Å². The van der Waals surface area contributed by atoms with Gasteiger partial charge in [0.2, 0.25) is 0 Å². The Kier molecular flexibility index (Phi) is 3.98. The Labute approximate surface area is 134 Å². The Morgan fingerprint density at radius 1 is 1.00 bits per heavy atom. The zero-order valence-electron chi connectivity index (χ0n) is 9.08. The highest BCUT2D eigenvalue weighted by atomic mass is 79.9. The number of anilines is 1. The molecule has 0 heterocycles. The predicted molar refractivity (Wildman–Crippen MR) is 87.4 cm³/mol. The second kappa shape index (κ2) is 5.04. The third-order valence-corrected chi connectivity index (χ3v) is 4.43. The van der Waals surface area contributed by atoms with Crippen LogP contribution in [0.5, 0.6) is 0 Å². The van der Waals surface area contributed by atoms with Crippen molar-refractivity contribution in [1.82, 2.24) is 0 Å². The van der Waals surface area contributed by atoms with E-state index in [1.54, 1.807) is 6.07 Å². The molecular weight excluding hydrogens is 401 g/mol. The Bertz CT molecular complexity index is 629. The van der Waals surface area contributed by atoms with Gasteiger partial charge in [-0.3, -0.25) is 0 Å². The summed E-state index contributed by atoms with van der Waals surface area (Å²) in [6, 6.07) is 9.57. The van der Waals surface area contributed by atoms with Crippen molar-refractivity contribution < 1.29 is 0 Å². The lowest BCUT2D eigenvalue weighted by atomic mass is 10.0. The molecule has 2 aromatic rings. The van der Waals surface area contributed by atoms with Gasteiger partial charge in [-0.15, -0.1) is 17.0 Å². The van der Waals surface area contributed by atoms with E-state index in [9.17, 15) is 0 Å². The first-order valence-corrected chi connectivity index (χ1v) is 6.78. The summed E-state index contributed by atoms with van der Waals surface area (Å²) >= 11 is 15.7. The number of halogens is 4. The highest BCUT2D eigenvalue weighted by Gasteiger charge is 2.28. The molecule has 0 fully saturated rings. The summed E-state index contributed by atoms with van der Waals surface area (Å²) in [5.41, 5.74) is 11.2. The minimum absolute atomic E-state index is 0. The maximum atomic E-state index is 6.05. The second-order valence-corrected chi connectivity index (χ2v) is 5.84. The maximum absolute atomic E-state index is 6.05. The molecule has 0 aliphatic heterocycles. The lowest BCUT2D eigenvalue weighted by molar-refractivity contribution is 1.25. The number of nitrogen functional groups attached to an aromatic ring is 1. The molecule has 3 rings (SSSR count). The van der Waals surface area contributed by atoms with Gasteiger partial charge in [-0.25, -0.2) is 0 Å². The zero-order chi connectivity index (χ0) is 12.2. The molecule has 1 aliphatic rings. The normalized spacial score (nSPS) is 15.8. The van der Waals surface area contributed by atoms with E-state index >= 15 is 0 Å². The van der Waals surface area contributed by atoms with Crippen LogP contribution in [0.4, 0.5) is 5.69 Å². The summed E-state index contributed by atoms with van der Waals surface area (Å²) in [6.07, 6.45) is 0. The topological polar surface area (TPSA) is 26.0 Å². The van der Waals surface area contributed by atoms with Crippen LogP contribution in [0.1, 0.15) is 16.0 Å². The minimum Gasteiger partial charge on any atom is -0.398 e. The Balaban J connectivity index is 0.00000120. The Hall–Kier alpha value is -0.220. The van der Waals surface area contributed by atoms with Gasteiger partial charge >= 0.3 is 0 Å². The van der Waals surface area contributed by atoms with Crippen LogP contribution in [0.15, 0.2) is 30.3 Å². The molecule has 2 N–H and O–H groups in total.